The second kappa shape index (κ2) is 12.1. The zero-order valence-electron chi connectivity index (χ0n) is 32.1. The first-order valence-electron chi connectivity index (χ1n) is 19.7. The van der Waals surface area contributed by atoms with Crippen molar-refractivity contribution >= 4 is 48.6 Å². The number of anilines is 3. The Morgan fingerprint density at radius 3 is 1.71 bits per heavy atom. The van der Waals surface area contributed by atoms with Crippen molar-refractivity contribution in [2.75, 3.05) is 4.90 Å². The van der Waals surface area contributed by atoms with Crippen molar-refractivity contribution in [3.63, 3.8) is 0 Å². The standard InChI is InChI=1S/C54H41NS/c1-53(2)47-20-9-6-16-42(47)45-32-36(25-30-48(45)53)35-13-11-14-38(31-35)55(39-28-29-43-41-15-5-8-19-46(41)54(3,4)49(43)33-39)37-26-23-34(24-27-37)40-18-12-22-51-52(40)44-17-7-10-21-50(44)56-51/h5-33H,1-4H3. The van der Waals surface area contributed by atoms with Gasteiger partial charge in [-0.15, -0.1) is 11.3 Å². The highest BCUT2D eigenvalue weighted by Crippen LogP contribution is 2.52. The van der Waals surface area contributed by atoms with Crippen molar-refractivity contribution in [2.24, 2.45) is 0 Å². The second-order valence-corrected chi connectivity index (χ2v) is 17.6. The number of thiophene rings is 1. The molecule has 0 spiro atoms. The molecule has 8 aromatic carbocycles. The van der Waals surface area contributed by atoms with E-state index in [1.165, 1.54) is 86.9 Å². The Bertz CT molecular complexity index is 3030. The number of hydrogen-bond acceptors (Lipinski definition) is 2. The highest BCUT2D eigenvalue weighted by Gasteiger charge is 2.37. The minimum absolute atomic E-state index is 0.0156. The van der Waals surface area contributed by atoms with E-state index in [9.17, 15) is 0 Å². The summed E-state index contributed by atoms with van der Waals surface area (Å²) in [5.41, 5.74) is 19.2. The Kier molecular flexibility index (Phi) is 7.18. The molecule has 268 valence electrons. The number of rotatable bonds is 5. The first-order valence-corrected chi connectivity index (χ1v) is 20.5. The van der Waals surface area contributed by atoms with Gasteiger partial charge in [-0.2, -0.15) is 0 Å². The first kappa shape index (κ1) is 33.1. The summed E-state index contributed by atoms with van der Waals surface area (Å²) in [7, 11) is 0. The van der Waals surface area contributed by atoms with Gasteiger partial charge in [0.1, 0.15) is 0 Å². The van der Waals surface area contributed by atoms with Crippen molar-refractivity contribution < 1.29 is 0 Å². The van der Waals surface area contributed by atoms with E-state index >= 15 is 0 Å². The summed E-state index contributed by atoms with van der Waals surface area (Å²) < 4.78 is 2.65. The molecule has 2 aliphatic carbocycles. The van der Waals surface area contributed by atoms with E-state index in [0.717, 1.165) is 17.1 Å². The fourth-order valence-corrected chi connectivity index (χ4v) is 10.9. The van der Waals surface area contributed by atoms with Gasteiger partial charge in [0.25, 0.3) is 0 Å². The number of fused-ring (bicyclic) bond motifs is 9. The molecule has 1 aromatic heterocycles. The Labute approximate surface area is 333 Å². The summed E-state index contributed by atoms with van der Waals surface area (Å²) in [5.74, 6) is 0. The fourth-order valence-electron chi connectivity index (χ4n) is 9.81. The average molecular weight is 736 g/mol. The lowest BCUT2D eigenvalue weighted by Crippen LogP contribution is -2.16. The van der Waals surface area contributed by atoms with Crippen molar-refractivity contribution in [3.05, 3.63) is 198 Å². The highest BCUT2D eigenvalue weighted by molar-refractivity contribution is 7.25. The van der Waals surface area contributed by atoms with Crippen LogP contribution in [0.25, 0.3) is 64.7 Å². The SMILES string of the molecule is CC1(C)c2ccccc2-c2cc(-c3cccc(N(c4ccc(-c5cccc6sc7ccccc7c56)cc4)c4ccc5c(c4)C(C)(C)c4ccccc4-5)c3)ccc21. The predicted molar refractivity (Wildman–Crippen MR) is 240 cm³/mol. The summed E-state index contributed by atoms with van der Waals surface area (Å²) in [5, 5.41) is 2.66. The fraction of sp³-hybridized carbons (Fsp3) is 0.111. The summed E-state index contributed by atoms with van der Waals surface area (Å²) >= 11 is 1.87. The normalized spacial score (nSPS) is 14.4. The molecule has 0 saturated heterocycles. The topological polar surface area (TPSA) is 3.24 Å². The molecule has 2 aliphatic rings. The molecule has 0 radical (unpaired) electrons. The Balaban J connectivity index is 1.05. The minimum Gasteiger partial charge on any atom is -0.310 e. The molecule has 9 aromatic rings. The van der Waals surface area contributed by atoms with Crippen molar-refractivity contribution in [1.82, 2.24) is 0 Å². The van der Waals surface area contributed by atoms with Gasteiger partial charge in [0.05, 0.1) is 0 Å². The highest BCUT2D eigenvalue weighted by atomic mass is 32.1. The van der Waals surface area contributed by atoms with Gasteiger partial charge >= 0.3 is 0 Å². The van der Waals surface area contributed by atoms with Crippen molar-refractivity contribution in [3.8, 4) is 44.5 Å². The van der Waals surface area contributed by atoms with Crippen LogP contribution < -0.4 is 4.90 Å². The van der Waals surface area contributed by atoms with Gasteiger partial charge in [-0.1, -0.05) is 149 Å². The van der Waals surface area contributed by atoms with E-state index in [-0.39, 0.29) is 10.8 Å². The third-order valence-electron chi connectivity index (χ3n) is 12.7. The largest absolute Gasteiger partial charge is 0.310 e. The maximum atomic E-state index is 2.44. The smallest absolute Gasteiger partial charge is 0.0467 e. The zero-order valence-corrected chi connectivity index (χ0v) is 32.9. The van der Waals surface area contributed by atoms with Crippen LogP contribution in [0.5, 0.6) is 0 Å². The van der Waals surface area contributed by atoms with E-state index in [4.69, 9.17) is 0 Å². The molecule has 11 rings (SSSR count). The molecule has 2 heteroatoms. The zero-order chi connectivity index (χ0) is 37.8. The third-order valence-corrected chi connectivity index (χ3v) is 13.8. The molecule has 1 heterocycles. The van der Waals surface area contributed by atoms with E-state index in [1.54, 1.807) is 0 Å². The number of benzene rings is 8. The molecular formula is C54H41NS. The summed E-state index contributed by atoms with van der Waals surface area (Å²) in [4.78, 5) is 2.44. The molecular weight excluding hydrogens is 695 g/mol. The predicted octanol–water partition coefficient (Wildman–Crippen LogP) is 15.5. The molecule has 0 atom stereocenters. The van der Waals surface area contributed by atoms with Gasteiger partial charge in [0.2, 0.25) is 0 Å². The second-order valence-electron chi connectivity index (χ2n) is 16.5. The number of nitrogens with zero attached hydrogens (tertiary/aromatic N) is 1. The van der Waals surface area contributed by atoms with Gasteiger partial charge < -0.3 is 4.90 Å². The Morgan fingerprint density at radius 2 is 0.911 bits per heavy atom. The quantitative estimate of drug-likeness (QED) is 0.170. The monoisotopic (exact) mass is 735 g/mol. The summed E-state index contributed by atoms with van der Waals surface area (Å²) in [6.45, 7) is 9.42. The average Bonchev–Trinajstić information content (AvgIpc) is 3.81. The van der Waals surface area contributed by atoms with Crippen LogP contribution >= 0.6 is 11.3 Å². The van der Waals surface area contributed by atoms with Crippen LogP contribution in [0.1, 0.15) is 49.9 Å². The first-order chi connectivity index (χ1) is 27.3. The molecule has 0 fully saturated rings. The lowest BCUT2D eigenvalue weighted by Gasteiger charge is -2.28. The maximum absolute atomic E-state index is 2.44. The van der Waals surface area contributed by atoms with E-state index in [2.05, 4.69) is 209 Å². The van der Waals surface area contributed by atoms with Crippen LogP contribution in [0, 0.1) is 0 Å². The molecule has 56 heavy (non-hydrogen) atoms. The summed E-state index contributed by atoms with van der Waals surface area (Å²) in [6.07, 6.45) is 0. The van der Waals surface area contributed by atoms with Crippen molar-refractivity contribution in [2.45, 2.75) is 38.5 Å². The molecule has 0 amide bonds. The van der Waals surface area contributed by atoms with Gasteiger partial charge in [0, 0.05) is 48.1 Å². The van der Waals surface area contributed by atoms with Gasteiger partial charge in [0.15, 0.2) is 0 Å². The van der Waals surface area contributed by atoms with E-state index in [1.807, 2.05) is 11.3 Å². The molecule has 0 aliphatic heterocycles. The van der Waals surface area contributed by atoms with Gasteiger partial charge in [-0.3, -0.25) is 0 Å². The Hall–Kier alpha value is -6.22. The van der Waals surface area contributed by atoms with Crippen molar-refractivity contribution in [1.29, 1.82) is 0 Å². The molecule has 1 nitrogen and oxygen atoms in total. The van der Waals surface area contributed by atoms with Crippen LogP contribution in [0.2, 0.25) is 0 Å². The van der Waals surface area contributed by atoms with E-state index in [0.29, 0.717) is 0 Å². The molecule has 0 unspecified atom stereocenters. The van der Waals surface area contributed by atoms with Crippen LogP contribution in [0.4, 0.5) is 17.1 Å². The maximum Gasteiger partial charge on any atom is 0.0467 e. The third kappa shape index (κ3) is 4.85. The van der Waals surface area contributed by atoms with Crippen LogP contribution in [0.15, 0.2) is 176 Å². The molecule has 0 N–H and O–H groups in total. The van der Waals surface area contributed by atoms with Gasteiger partial charge in [-0.25, -0.2) is 0 Å². The van der Waals surface area contributed by atoms with Crippen LogP contribution in [-0.4, -0.2) is 0 Å². The van der Waals surface area contributed by atoms with E-state index < -0.39 is 0 Å². The minimum atomic E-state index is -0.101. The molecule has 0 bridgehead atoms. The lowest BCUT2D eigenvalue weighted by molar-refractivity contribution is 0.660. The van der Waals surface area contributed by atoms with Crippen LogP contribution in [0.3, 0.4) is 0 Å². The van der Waals surface area contributed by atoms with Crippen LogP contribution in [-0.2, 0) is 10.8 Å². The number of hydrogen-bond donors (Lipinski definition) is 0. The summed E-state index contributed by atoms with van der Waals surface area (Å²) in [6, 6.07) is 65.8. The molecule has 0 saturated carbocycles. The van der Waals surface area contributed by atoms with Gasteiger partial charge in [-0.05, 0) is 121 Å². The lowest BCUT2D eigenvalue weighted by atomic mass is 9.82. The Morgan fingerprint density at radius 1 is 0.357 bits per heavy atom.